The van der Waals surface area contributed by atoms with Crippen LogP contribution in [0.4, 0.5) is 10.1 Å². The second-order valence-corrected chi connectivity index (χ2v) is 8.25. The summed E-state index contributed by atoms with van der Waals surface area (Å²) in [6, 6.07) is 16.9. The molecule has 7 nitrogen and oxygen atoms in total. The van der Waals surface area contributed by atoms with E-state index >= 15 is 0 Å². The zero-order chi connectivity index (χ0) is 25.1. The first-order chi connectivity index (χ1) is 16.8. The molecule has 1 N–H and O–H groups in total. The van der Waals surface area contributed by atoms with Crippen LogP contribution >= 0.6 is 11.6 Å². The molecular weight excluding hydrogens is 473 g/mol. The van der Waals surface area contributed by atoms with E-state index in [1.165, 1.54) is 30.3 Å². The third-order valence-corrected chi connectivity index (χ3v) is 6.04. The van der Waals surface area contributed by atoms with Crippen LogP contribution in [0.3, 0.4) is 0 Å². The summed E-state index contributed by atoms with van der Waals surface area (Å²) < 4.78 is 14.5. The van der Waals surface area contributed by atoms with Crippen LogP contribution in [0.5, 0.6) is 0 Å². The fraction of sp³-hybridized carbons (Fsp3) is 0.154. The van der Waals surface area contributed by atoms with E-state index in [0.29, 0.717) is 12.1 Å². The van der Waals surface area contributed by atoms with E-state index in [4.69, 9.17) is 11.6 Å². The third kappa shape index (κ3) is 4.65. The molecule has 1 fully saturated rings. The summed E-state index contributed by atoms with van der Waals surface area (Å²) in [5.74, 6) is -3.84. The molecule has 4 rings (SSSR count). The van der Waals surface area contributed by atoms with E-state index in [-0.39, 0.29) is 22.6 Å². The molecule has 0 aliphatic carbocycles. The van der Waals surface area contributed by atoms with E-state index in [1.54, 1.807) is 36.4 Å². The summed E-state index contributed by atoms with van der Waals surface area (Å²) in [5.41, 5.74) is 3.24. The monoisotopic (exact) mass is 493 g/mol. The number of hydrazine groups is 1. The number of para-hydroxylation sites is 1. The maximum absolute atomic E-state index is 14.5. The normalized spacial score (nSPS) is 15.3. The number of imide groups is 1. The first-order valence-electron chi connectivity index (χ1n) is 10.9. The molecule has 178 valence electrons. The van der Waals surface area contributed by atoms with Gasteiger partial charge < -0.3 is 0 Å². The lowest BCUT2D eigenvalue weighted by atomic mass is 10.1. The number of hydrogen-bond acceptors (Lipinski definition) is 4. The number of halogens is 2. The number of amides is 4. The lowest BCUT2D eigenvalue weighted by Gasteiger charge is -2.28. The lowest BCUT2D eigenvalue weighted by Crippen LogP contribution is -2.55. The smallest absolute Gasteiger partial charge is 0.274 e. The van der Waals surface area contributed by atoms with Crippen molar-refractivity contribution < 1.29 is 23.6 Å². The van der Waals surface area contributed by atoms with E-state index < -0.39 is 35.5 Å². The molecule has 1 aliphatic heterocycles. The number of rotatable bonds is 5. The number of carbonyl (C=O) groups is 4. The Labute approximate surface area is 206 Å². The second kappa shape index (κ2) is 10.1. The van der Waals surface area contributed by atoms with Crippen LogP contribution in [0.1, 0.15) is 39.6 Å². The van der Waals surface area contributed by atoms with Crippen molar-refractivity contribution in [2.45, 2.75) is 25.8 Å². The predicted octanol–water partition coefficient (Wildman–Crippen LogP) is 4.16. The fourth-order valence-corrected chi connectivity index (χ4v) is 4.17. The molecule has 0 radical (unpaired) electrons. The molecule has 0 bridgehead atoms. The average molecular weight is 494 g/mol. The van der Waals surface area contributed by atoms with Crippen LogP contribution in [0.2, 0.25) is 5.02 Å². The molecule has 1 unspecified atom stereocenters. The van der Waals surface area contributed by atoms with E-state index in [2.05, 4.69) is 5.43 Å². The Morgan fingerprint density at radius 1 is 1.00 bits per heavy atom. The predicted molar refractivity (Wildman–Crippen MR) is 128 cm³/mol. The molecule has 0 spiro atoms. The van der Waals surface area contributed by atoms with Gasteiger partial charge in [0.25, 0.3) is 17.7 Å². The molecule has 0 aromatic heterocycles. The highest BCUT2D eigenvalue weighted by molar-refractivity contribution is 6.33. The van der Waals surface area contributed by atoms with Gasteiger partial charge in [-0.05, 0) is 42.3 Å². The van der Waals surface area contributed by atoms with Crippen molar-refractivity contribution in [3.05, 3.63) is 100 Å². The van der Waals surface area contributed by atoms with Gasteiger partial charge in [-0.15, -0.1) is 0 Å². The number of nitrogens with zero attached hydrogens (tertiary/aromatic N) is 2. The SMILES string of the molecule is CCc1ccccc1N1C(=O)CC(N(NC(=O)c2ccccc2Cl)C(=O)c2ccccc2F)C1=O. The van der Waals surface area contributed by atoms with Crippen molar-refractivity contribution in [2.75, 3.05) is 4.90 Å². The van der Waals surface area contributed by atoms with Gasteiger partial charge >= 0.3 is 0 Å². The molecule has 1 saturated heterocycles. The second-order valence-electron chi connectivity index (χ2n) is 7.85. The van der Waals surface area contributed by atoms with Crippen LogP contribution in [-0.2, 0) is 16.0 Å². The summed E-state index contributed by atoms with van der Waals surface area (Å²) in [5, 5.41) is 0.842. The van der Waals surface area contributed by atoms with Crippen molar-refractivity contribution in [1.82, 2.24) is 10.4 Å². The molecule has 1 heterocycles. The highest BCUT2D eigenvalue weighted by Gasteiger charge is 2.46. The quantitative estimate of drug-likeness (QED) is 0.427. The van der Waals surface area contributed by atoms with Gasteiger partial charge in [0.15, 0.2) is 0 Å². The van der Waals surface area contributed by atoms with Gasteiger partial charge in [-0.2, -0.15) is 0 Å². The van der Waals surface area contributed by atoms with E-state index in [9.17, 15) is 23.6 Å². The molecule has 4 amide bonds. The van der Waals surface area contributed by atoms with Crippen LogP contribution in [0, 0.1) is 5.82 Å². The van der Waals surface area contributed by atoms with Crippen molar-refractivity contribution in [3.8, 4) is 0 Å². The maximum atomic E-state index is 14.5. The summed E-state index contributed by atoms with van der Waals surface area (Å²) in [4.78, 5) is 53.8. The van der Waals surface area contributed by atoms with Crippen molar-refractivity contribution >= 4 is 40.9 Å². The Bertz CT molecular complexity index is 1330. The van der Waals surface area contributed by atoms with Crippen molar-refractivity contribution in [1.29, 1.82) is 0 Å². The van der Waals surface area contributed by atoms with Crippen LogP contribution < -0.4 is 10.3 Å². The summed E-state index contributed by atoms with van der Waals surface area (Å²) in [6.45, 7) is 1.89. The lowest BCUT2D eigenvalue weighted by molar-refractivity contribution is -0.122. The minimum absolute atomic E-state index is 0.0467. The molecule has 35 heavy (non-hydrogen) atoms. The van der Waals surface area contributed by atoms with Crippen molar-refractivity contribution in [3.63, 3.8) is 0 Å². The number of hydrogen-bond donors (Lipinski definition) is 1. The number of carbonyl (C=O) groups excluding carboxylic acids is 4. The van der Waals surface area contributed by atoms with Gasteiger partial charge in [0.2, 0.25) is 5.91 Å². The Morgan fingerprint density at radius 3 is 2.31 bits per heavy atom. The molecule has 1 aliphatic rings. The fourth-order valence-electron chi connectivity index (χ4n) is 3.95. The molecule has 3 aromatic carbocycles. The van der Waals surface area contributed by atoms with Gasteiger partial charge in [-0.3, -0.25) is 24.6 Å². The Hall–Kier alpha value is -4.04. The van der Waals surface area contributed by atoms with Gasteiger partial charge in [0.1, 0.15) is 11.9 Å². The largest absolute Gasteiger partial charge is 0.276 e. The third-order valence-electron chi connectivity index (χ3n) is 5.71. The topological polar surface area (TPSA) is 86.8 Å². The molecule has 0 saturated carbocycles. The maximum Gasteiger partial charge on any atom is 0.276 e. The van der Waals surface area contributed by atoms with Crippen LogP contribution in [-0.4, -0.2) is 34.7 Å². The zero-order valence-electron chi connectivity index (χ0n) is 18.7. The standard InChI is InChI=1S/C26H21ClFN3O4/c1-2-16-9-3-8-14-21(16)30-23(32)15-22(26(30)35)31(25(34)18-11-5-7-13-20(18)28)29-24(33)17-10-4-6-12-19(17)27/h3-14,22H,2,15H2,1H3,(H,29,33). The molecule has 1 atom stereocenters. The summed E-state index contributed by atoms with van der Waals surface area (Å²) in [7, 11) is 0. The number of benzene rings is 3. The Balaban J connectivity index is 1.73. The minimum atomic E-state index is -1.38. The Morgan fingerprint density at radius 2 is 1.63 bits per heavy atom. The van der Waals surface area contributed by atoms with Gasteiger partial charge in [-0.25, -0.2) is 14.3 Å². The summed E-state index contributed by atoms with van der Waals surface area (Å²) in [6.07, 6.45) is 0.179. The highest BCUT2D eigenvalue weighted by Crippen LogP contribution is 2.29. The van der Waals surface area contributed by atoms with E-state index in [1.807, 2.05) is 6.92 Å². The minimum Gasteiger partial charge on any atom is -0.274 e. The van der Waals surface area contributed by atoms with Crippen LogP contribution in [0.25, 0.3) is 0 Å². The molecule has 9 heteroatoms. The van der Waals surface area contributed by atoms with Gasteiger partial charge in [0, 0.05) is 0 Å². The van der Waals surface area contributed by atoms with Gasteiger partial charge in [-0.1, -0.05) is 61.0 Å². The first kappa shape index (κ1) is 24.1. The van der Waals surface area contributed by atoms with Crippen LogP contribution in [0.15, 0.2) is 72.8 Å². The zero-order valence-corrected chi connectivity index (χ0v) is 19.5. The summed E-state index contributed by atoms with van der Waals surface area (Å²) >= 11 is 6.12. The number of nitrogens with one attached hydrogen (secondary N) is 1. The number of aryl methyl sites for hydroxylation is 1. The Kier molecular flexibility index (Phi) is 6.93. The number of anilines is 1. The average Bonchev–Trinajstić information content (AvgIpc) is 3.15. The molecule has 3 aromatic rings. The highest BCUT2D eigenvalue weighted by atomic mass is 35.5. The van der Waals surface area contributed by atoms with Gasteiger partial charge in [0.05, 0.1) is 28.3 Å². The molecular formula is C26H21ClFN3O4. The first-order valence-corrected chi connectivity index (χ1v) is 11.3. The van der Waals surface area contributed by atoms with Crippen molar-refractivity contribution in [2.24, 2.45) is 0 Å². The van der Waals surface area contributed by atoms with E-state index in [0.717, 1.165) is 21.5 Å².